The van der Waals surface area contributed by atoms with Crippen molar-refractivity contribution < 1.29 is 29.0 Å². The van der Waals surface area contributed by atoms with E-state index in [2.05, 4.69) is 10.2 Å². The average molecular weight is 491 g/mol. The minimum atomic E-state index is -1.26. The molecule has 0 radical (unpaired) electrons. The summed E-state index contributed by atoms with van der Waals surface area (Å²) in [5, 5.41) is 32.2. The monoisotopic (exact) mass is 491 g/mol. The van der Waals surface area contributed by atoms with E-state index >= 15 is 0 Å². The second-order valence-electron chi connectivity index (χ2n) is 6.50. The minimum Gasteiger partial charge on any atom is -0.465 e. The lowest BCUT2D eigenvalue weighted by Crippen LogP contribution is -2.39. The van der Waals surface area contributed by atoms with E-state index in [-0.39, 0.29) is 23.7 Å². The van der Waals surface area contributed by atoms with Gasteiger partial charge in [-0.05, 0) is 25.3 Å². The molecule has 178 valence electrons. The fourth-order valence-corrected chi connectivity index (χ4v) is 3.87. The van der Waals surface area contributed by atoms with Gasteiger partial charge in [-0.15, -0.1) is 11.3 Å². The smallest absolute Gasteiger partial charge is 0.350 e. The zero-order valence-electron chi connectivity index (χ0n) is 18.0. The Balaban J connectivity index is 2.28. The predicted molar refractivity (Wildman–Crippen MR) is 116 cm³/mol. The van der Waals surface area contributed by atoms with Crippen LogP contribution in [0.4, 0.5) is 17.1 Å². The van der Waals surface area contributed by atoms with Crippen LogP contribution in [-0.4, -0.2) is 54.3 Å². The van der Waals surface area contributed by atoms with Gasteiger partial charge >= 0.3 is 17.3 Å². The first-order chi connectivity index (χ1) is 16.2. The van der Waals surface area contributed by atoms with E-state index in [1.165, 1.54) is 11.4 Å². The number of anilines is 1. The highest BCUT2D eigenvalue weighted by atomic mass is 32.1. The van der Waals surface area contributed by atoms with Crippen molar-refractivity contribution in [1.82, 2.24) is 19.6 Å². The van der Waals surface area contributed by atoms with Gasteiger partial charge in [-0.3, -0.25) is 39.2 Å². The highest BCUT2D eigenvalue weighted by Crippen LogP contribution is 2.32. The molecule has 2 amide bonds. The number of nitrogens with zero attached hydrogens (tertiary/aromatic N) is 7. The van der Waals surface area contributed by atoms with E-state index in [9.17, 15) is 34.6 Å². The largest absolute Gasteiger partial charge is 0.465 e. The van der Waals surface area contributed by atoms with E-state index in [0.717, 1.165) is 40.2 Å². The fraction of sp³-hybridized carbons (Fsp3) is 0.278. The van der Waals surface area contributed by atoms with Crippen molar-refractivity contribution in [2.24, 2.45) is 0 Å². The van der Waals surface area contributed by atoms with Crippen molar-refractivity contribution in [3.8, 4) is 0 Å². The number of esters is 1. The molecule has 34 heavy (non-hydrogen) atoms. The van der Waals surface area contributed by atoms with Crippen molar-refractivity contribution in [2.45, 2.75) is 26.9 Å². The maximum atomic E-state index is 13.6. The number of hydrogen-bond acceptors (Lipinski definition) is 11. The Hall–Kier alpha value is -4.47. The van der Waals surface area contributed by atoms with Crippen LogP contribution in [0.1, 0.15) is 44.5 Å². The molecule has 0 atom stereocenters. The number of ether oxygens (including phenoxy) is 1. The molecule has 0 aromatic carbocycles. The zero-order chi connectivity index (χ0) is 25.2. The van der Waals surface area contributed by atoms with E-state index in [0.29, 0.717) is 4.90 Å². The first kappa shape index (κ1) is 24.2. The number of nitro groups is 2. The van der Waals surface area contributed by atoms with Gasteiger partial charge in [-0.1, -0.05) is 0 Å². The van der Waals surface area contributed by atoms with E-state index < -0.39 is 50.4 Å². The molecule has 0 spiro atoms. The number of amides is 2. The lowest BCUT2D eigenvalue weighted by molar-refractivity contribution is -0.385. The summed E-state index contributed by atoms with van der Waals surface area (Å²) in [5.41, 5.74) is -2.88. The second kappa shape index (κ2) is 9.57. The molecule has 15 nitrogen and oxygen atoms in total. The molecular weight excluding hydrogens is 474 g/mol. The average Bonchev–Trinajstić information content (AvgIpc) is 3.55. The molecule has 16 heteroatoms. The third-order valence-electron chi connectivity index (χ3n) is 4.65. The van der Waals surface area contributed by atoms with Crippen molar-refractivity contribution in [3.63, 3.8) is 0 Å². The van der Waals surface area contributed by atoms with Gasteiger partial charge in [-0.25, -0.2) is 9.69 Å². The molecule has 0 saturated heterocycles. The summed E-state index contributed by atoms with van der Waals surface area (Å²) < 4.78 is 6.83. The van der Waals surface area contributed by atoms with Gasteiger partial charge < -0.3 is 4.74 Å². The lowest BCUT2D eigenvalue weighted by atomic mass is 10.2. The number of aromatic nitrogens is 4. The normalized spacial score (nSPS) is 10.7. The number of carbonyl (C=O) groups excluding carboxylic acids is 3. The highest BCUT2D eigenvalue weighted by Gasteiger charge is 2.40. The highest BCUT2D eigenvalue weighted by molar-refractivity contribution is 7.12. The first-order valence-corrected chi connectivity index (χ1v) is 10.5. The summed E-state index contributed by atoms with van der Waals surface area (Å²) in [7, 11) is 1.09. The van der Waals surface area contributed by atoms with Crippen LogP contribution in [0, 0.1) is 20.2 Å². The lowest BCUT2D eigenvalue weighted by Gasteiger charge is -2.20. The van der Waals surface area contributed by atoms with Crippen LogP contribution in [0.25, 0.3) is 0 Å². The Morgan fingerprint density at radius 3 is 2.35 bits per heavy atom. The van der Waals surface area contributed by atoms with Crippen LogP contribution in [-0.2, 0) is 17.8 Å². The minimum absolute atomic E-state index is 0.0368. The third kappa shape index (κ3) is 4.13. The summed E-state index contributed by atoms with van der Waals surface area (Å²) in [6.45, 7) is 3.42. The number of thiophene rings is 1. The molecule has 0 bridgehead atoms. The van der Waals surface area contributed by atoms with Crippen molar-refractivity contribution in [3.05, 3.63) is 60.3 Å². The quantitative estimate of drug-likeness (QED) is 0.196. The van der Waals surface area contributed by atoms with Crippen molar-refractivity contribution in [1.29, 1.82) is 0 Å². The molecule has 0 aliphatic heterocycles. The van der Waals surface area contributed by atoms with Gasteiger partial charge in [0.05, 0.1) is 22.6 Å². The summed E-state index contributed by atoms with van der Waals surface area (Å²) in [4.78, 5) is 61.1. The number of hydrogen-bond donors (Lipinski definition) is 0. The number of carbonyl (C=O) groups is 3. The summed E-state index contributed by atoms with van der Waals surface area (Å²) >= 11 is 0.842. The Morgan fingerprint density at radius 2 is 1.79 bits per heavy atom. The molecule has 3 aromatic heterocycles. The standard InChI is InChI=1S/C18H17N7O8S/c1-4-21-9-12(25(31)32)13(20-21)16(26)23(10-6-7-34-15(10)18(28)33-3)17(27)14-11(24(29)30)8-19-22(14)5-2/h6-9H,4-5H2,1-3H3. The molecule has 3 heterocycles. The number of imide groups is 1. The van der Waals surface area contributed by atoms with Crippen molar-refractivity contribution in [2.75, 3.05) is 12.0 Å². The summed E-state index contributed by atoms with van der Waals surface area (Å²) in [6.07, 6.45) is 1.87. The number of aryl methyl sites for hydroxylation is 2. The van der Waals surface area contributed by atoms with Crippen LogP contribution in [0.15, 0.2) is 23.8 Å². The molecule has 0 fully saturated rings. The fourth-order valence-electron chi connectivity index (χ4n) is 3.07. The Kier molecular flexibility index (Phi) is 6.81. The molecule has 0 aliphatic rings. The summed E-state index contributed by atoms with van der Waals surface area (Å²) in [6, 6.07) is 1.24. The molecule has 0 aliphatic carbocycles. The SMILES string of the molecule is CCn1cc([N+](=O)[O-])c(C(=O)N(C(=O)c2c([N+](=O)[O-])cnn2CC)c2ccsc2C(=O)OC)n1. The summed E-state index contributed by atoms with van der Waals surface area (Å²) in [5.74, 6) is -3.37. The Labute approximate surface area is 194 Å². The zero-order valence-corrected chi connectivity index (χ0v) is 18.8. The Bertz CT molecular complexity index is 1310. The van der Waals surface area contributed by atoms with E-state index in [1.54, 1.807) is 13.8 Å². The van der Waals surface area contributed by atoms with Crippen LogP contribution in [0.2, 0.25) is 0 Å². The first-order valence-electron chi connectivity index (χ1n) is 9.62. The maximum Gasteiger partial charge on any atom is 0.350 e. The molecule has 3 aromatic rings. The van der Waals surface area contributed by atoms with Crippen molar-refractivity contribution >= 4 is 46.2 Å². The van der Waals surface area contributed by atoms with Crippen LogP contribution < -0.4 is 4.90 Å². The molecule has 0 saturated carbocycles. The van der Waals surface area contributed by atoms with Crippen LogP contribution in [0.3, 0.4) is 0 Å². The number of methoxy groups -OCH3 is 1. The maximum absolute atomic E-state index is 13.6. The molecular formula is C18H17N7O8S. The molecule has 0 N–H and O–H groups in total. The topological polar surface area (TPSA) is 186 Å². The van der Waals surface area contributed by atoms with E-state index in [1.807, 2.05) is 0 Å². The van der Waals surface area contributed by atoms with Gasteiger partial charge in [-0.2, -0.15) is 10.2 Å². The van der Waals surface area contributed by atoms with Gasteiger partial charge in [0.2, 0.25) is 11.4 Å². The predicted octanol–water partition coefficient (Wildman–Crippen LogP) is 2.27. The van der Waals surface area contributed by atoms with Crippen LogP contribution in [0.5, 0.6) is 0 Å². The Morgan fingerprint density at radius 1 is 1.12 bits per heavy atom. The second-order valence-corrected chi connectivity index (χ2v) is 7.42. The molecule has 3 rings (SSSR count). The molecule has 0 unspecified atom stereocenters. The van der Waals surface area contributed by atoms with E-state index in [4.69, 9.17) is 4.74 Å². The van der Waals surface area contributed by atoms with Gasteiger partial charge in [0.1, 0.15) is 17.3 Å². The number of rotatable bonds is 8. The van der Waals surface area contributed by atoms with Crippen LogP contribution >= 0.6 is 11.3 Å². The third-order valence-corrected chi connectivity index (χ3v) is 5.53. The van der Waals surface area contributed by atoms with Gasteiger partial charge in [0, 0.05) is 13.1 Å². The van der Waals surface area contributed by atoms with Gasteiger partial charge in [0.15, 0.2) is 0 Å². The van der Waals surface area contributed by atoms with Gasteiger partial charge in [0.25, 0.3) is 11.8 Å².